The molecule has 1 aliphatic rings. The summed E-state index contributed by atoms with van der Waals surface area (Å²) in [5.41, 5.74) is 0. The summed E-state index contributed by atoms with van der Waals surface area (Å²) in [5.74, 6) is -0.339. The molecule has 0 aliphatic carbocycles. The standard InChI is InChI=1S/C11H21N3O3/c1-7(9-5-4-6-17-9)13-8(2)10(15)14-11(16)12-3/h7-9,13H,4-6H2,1-3H3,(H2,12,14,15,16). The minimum Gasteiger partial charge on any atom is -0.377 e. The molecular formula is C11H21N3O3. The van der Waals surface area contributed by atoms with Gasteiger partial charge in [-0.2, -0.15) is 0 Å². The molecule has 0 aromatic heterocycles. The third kappa shape index (κ3) is 4.32. The highest BCUT2D eigenvalue weighted by atomic mass is 16.5. The van der Waals surface area contributed by atoms with Crippen molar-refractivity contribution in [3.63, 3.8) is 0 Å². The van der Waals surface area contributed by atoms with Gasteiger partial charge in [0.05, 0.1) is 12.1 Å². The summed E-state index contributed by atoms with van der Waals surface area (Å²) < 4.78 is 5.52. The molecule has 3 atom stereocenters. The van der Waals surface area contributed by atoms with Crippen molar-refractivity contribution in [1.82, 2.24) is 16.0 Å². The summed E-state index contributed by atoms with van der Waals surface area (Å²) in [4.78, 5) is 22.6. The molecular weight excluding hydrogens is 222 g/mol. The van der Waals surface area contributed by atoms with Crippen LogP contribution >= 0.6 is 0 Å². The van der Waals surface area contributed by atoms with Crippen molar-refractivity contribution < 1.29 is 14.3 Å². The third-order valence-corrected chi connectivity index (χ3v) is 2.89. The van der Waals surface area contributed by atoms with Gasteiger partial charge in [-0.25, -0.2) is 4.79 Å². The molecule has 6 nitrogen and oxygen atoms in total. The van der Waals surface area contributed by atoms with Crippen LogP contribution in [0, 0.1) is 0 Å². The molecule has 17 heavy (non-hydrogen) atoms. The Morgan fingerprint density at radius 2 is 2.06 bits per heavy atom. The average molecular weight is 243 g/mol. The van der Waals surface area contributed by atoms with Gasteiger partial charge >= 0.3 is 6.03 Å². The Morgan fingerprint density at radius 3 is 2.59 bits per heavy atom. The fraction of sp³-hybridized carbons (Fsp3) is 0.818. The summed E-state index contributed by atoms with van der Waals surface area (Å²) in [6, 6.07) is -0.817. The zero-order valence-corrected chi connectivity index (χ0v) is 10.6. The minimum absolute atomic E-state index is 0.0999. The van der Waals surface area contributed by atoms with E-state index in [1.165, 1.54) is 7.05 Å². The van der Waals surface area contributed by atoms with Crippen molar-refractivity contribution in [1.29, 1.82) is 0 Å². The highest BCUT2D eigenvalue weighted by molar-refractivity contribution is 5.96. The molecule has 0 aromatic rings. The van der Waals surface area contributed by atoms with E-state index < -0.39 is 12.1 Å². The van der Waals surface area contributed by atoms with E-state index in [2.05, 4.69) is 16.0 Å². The van der Waals surface area contributed by atoms with E-state index in [9.17, 15) is 9.59 Å². The highest BCUT2D eigenvalue weighted by Crippen LogP contribution is 2.15. The van der Waals surface area contributed by atoms with E-state index >= 15 is 0 Å². The second-order valence-corrected chi connectivity index (χ2v) is 4.30. The van der Waals surface area contributed by atoms with Crippen LogP contribution in [0.3, 0.4) is 0 Å². The lowest BCUT2D eigenvalue weighted by Crippen LogP contribution is -2.51. The Kier molecular flexibility index (Phi) is 5.37. The lowest BCUT2D eigenvalue weighted by molar-refractivity contribution is -0.122. The van der Waals surface area contributed by atoms with E-state index in [0.29, 0.717) is 0 Å². The second kappa shape index (κ2) is 6.56. The zero-order chi connectivity index (χ0) is 12.8. The van der Waals surface area contributed by atoms with Gasteiger partial charge in [0.1, 0.15) is 0 Å². The van der Waals surface area contributed by atoms with Gasteiger partial charge in [0.25, 0.3) is 0 Å². The summed E-state index contributed by atoms with van der Waals surface area (Å²) in [7, 11) is 1.47. The predicted octanol–water partition coefficient (Wildman–Crippen LogP) is -0.0124. The summed E-state index contributed by atoms with van der Waals surface area (Å²) in [6.45, 7) is 4.50. The van der Waals surface area contributed by atoms with Crippen LogP contribution in [0.5, 0.6) is 0 Å². The van der Waals surface area contributed by atoms with Crippen molar-refractivity contribution >= 4 is 11.9 Å². The molecule has 0 aromatic carbocycles. The van der Waals surface area contributed by atoms with Crippen molar-refractivity contribution in [2.75, 3.05) is 13.7 Å². The number of amides is 3. The molecule has 0 saturated carbocycles. The van der Waals surface area contributed by atoms with Crippen LogP contribution in [0.25, 0.3) is 0 Å². The molecule has 1 aliphatic heterocycles. The molecule has 0 spiro atoms. The number of nitrogens with one attached hydrogen (secondary N) is 3. The Labute approximate surface area is 101 Å². The normalized spacial score (nSPS) is 22.9. The highest BCUT2D eigenvalue weighted by Gasteiger charge is 2.25. The Balaban J connectivity index is 2.34. The quantitative estimate of drug-likeness (QED) is 0.648. The number of imide groups is 1. The maximum absolute atomic E-state index is 11.6. The number of hydrogen-bond donors (Lipinski definition) is 3. The summed E-state index contributed by atoms with van der Waals surface area (Å²) >= 11 is 0. The maximum Gasteiger partial charge on any atom is 0.321 e. The first kappa shape index (κ1) is 13.9. The number of carbonyl (C=O) groups is 2. The number of rotatable bonds is 4. The summed E-state index contributed by atoms with van der Waals surface area (Å²) in [6.07, 6.45) is 2.23. The molecule has 6 heteroatoms. The van der Waals surface area contributed by atoms with Gasteiger partial charge in [0, 0.05) is 19.7 Å². The molecule has 1 fully saturated rings. The van der Waals surface area contributed by atoms with E-state index in [1.54, 1.807) is 6.92 Å². The molecule has 1 rings (SSSR count). The van der Waals surface area contributed by atoms with E-state index in [0.717, 1.165) is 19.4 Å². The van der Waals surface area contributed by atoms with Crippen LogP contribution in [0.4, 0.5) is 4.79 Å². The molecule has 1 heterocycles. The fourth-order valence-electron chi connectivity index (χ4n) is 1.86. The number of urea groups is 1. The number of ether oxygens (including phenoxy) is 1. The lowest BCUT2D eigenvalue weighted by atomic mass is 10.1. The smallest absolute Gasteiger partial charge is 0.321 e. The average Bonchev–Trinajstić information content (AvgIpc) is 2.82. The van der Waals surface area contributed by atoms with E-state index in [1.807, 2.05) is 6.92 Å². The van der Waals surface area contributed by atoms with Gasteiger partial charge in [-0.05, 0) is 26.7 Å². The lowest BCUT2D eigenvalue weighted by Gasteiger charge is -2.23. The third-order valence-electron chi connectivity index (χ3n) is 2.89. The van der Waals surface area contributed by atoms with Crippen LogP contribution in [-0.2, 0) is 9.53 Å². The maximum atomic E-state index is 11.6. The molecule has 0 radical (unpaired) electrons. The molecule has 3 unspecified atom stereocenters. The van der Waals surface area contributed by atoms with Crippen molar-refractivity contribution in [2.24, 2.45) is 0 Å². The van der Waals surface area contributed by atoms with Crippen LogP contribution in [0.15, 0.2) is 0 Å². The molecule has 3 N–H and O–H groups in total. The monoisotopic (exact) mass is 243 g/mol. The van der Waals surface area contributed by atoms with Crippen LogP contribution in [0.1, 0.15) is 26.7 Å². The topological polar surface area (TPSA) is 79.5 Å². The first-order valence-corrected chi connectivity index (χ1v) is 5.94. The number of carbonyl (C=O) groups excluding carboxylic acids is 2. The van der Waals surface area contributed by atoms with Crippen LogP contribution in [0.2, 0.25) is 0 Å². The largest absolute Gasteiger partial charge is 0.377 e. The molecule has 0 bridgehead atoms. The second-order valence-electron chi connectivity index (χ2n) is 4.30. The van der Waals surface area contributed by atoms with Gasteiger partial charge < -0.3 is 15.4 Å². The minimum atomic E-state index is -0.492. The van der Waals surface area contributed by atoms with Gasteiger partial charge in [-0.3, -0.25) is 10.1 Å². The Bertz CT molecular complexity index is 277. The van der Waals surface area contributed by atoms with Gasteiger partial charge in [0.2, 0.25) is 5.91 Å². The van der Waals surface area contributed by atoms with Crippen LogP contribution < -0.4 is 16.0 Å². The van der Waals surface area contributed by atoms with E-state index in [4.69, 9.17) is 4.74 Å². The Hall–Kier alpha value is -1.14. The molecule has 3 amide bonds. The van der Waals surface area contributed by atoms with Crippen LogP contribution in [-0.4, -0.2) is 43.8 Å². The van der Waals surface area contributed by atoms with Gasteiger partial charge in [-0.1, -0.05) is 0 Å². The zero-order valence-electron chi connectivity index (χ0n) is 10.6. The van der Waals surface area contributed by atoms with Gasteiger partial charge in [0.15, 0.2) is 0 Å². The fourth-order valence-corrected chi connectivity index (χ4v) is 1.86. The predicted molar refractivity (Wildman–Crippen MR) is 63.6 cm³/mol. The first-order chi connectivity index (χ1) is 8.04. The SMILES string of the molecule is CNC(=O)NC(=O)C(C)NC(C)C1CCCO1. The first-order valence-electron chi connectivity index (χ1n) is 5.94. The van der Waals surface area contributed by atoms with Crippen molar-refractivity contribution in [3.8, 4) is 0 Å². The summed E-state index contributed by atoms with van der Waals surface area (Å²) in [5, 5.41) is 7.70. The molecule has 1 saturated heterocycles. The Morgan fingerprint density at radius 1 is 1.35 bits per heavy atom. The van der Waals surface area contributed by atoms with E-state index in [-0.39, 0.29) is 18.1 Å². The number of hydrogen-bond acceptors (Lipinski definition) is 4. The van der Waals surface area contributed by atoms with Crippen molar-refractivity contribution in [3.05, 3.63) is 0 Å². The van der Waals surface area contributed by atoms with Crippen molar-refractivity contribution in [2.45, 2.75) is 44.9 Å². The van der Waals surface area contributed by atoms with Gasteiger partial charge in [-0.15, -0.1) is 0 Å². The molecule has 98 valence electrons.